The van der Waals surface area contributed by atoms with Crippen LogP contribution in [0.1, 0.15) is 23.0 Å². The summed E-state index contributed by atoms with van der Waals surface area (Å²) in [5.74, 6) is 0.111. The molecule has 116 valence electrons. The van der Waals surface area contributed by atoms with E-state index in [-0.39, 0.29) is 10.8 Å². The van der Waals surface area contributed by atoms with Crippen LogP contribution in [0.2, 0.25) is 0 Å². The molecule has 1 aromatic carbocycles. The van der Waals surface area contributed by atoms with E-state index in [1.807, 2.05) is 13.0 Å². The lowest BCUT2D eigenvalue weighted by atomic mass is 10.2. The number of aromatic nitrogens is 1. The standard InChI is InChI=1S/C15H17N3O3S/c1-3-16-22(20,21)13-9-7-12(8-10-13)15(19)18-14-6-4-5-11(2)17-14/h4-10,16H,3H2,1-2H3,(H,17,18,19). The Bertz CT molecular complexity index is 771. The maximum Gasteiger partial charge on any atom is 0.256 e. The van der Waals surface area contributed by atoms with E-state index in [1.54, 1.807) is 19.1 Å². The molecule has 2 N–H and O–H groups in total. The number of amides is 1. The minimum absolute atomic E-state index is 0.125. The van der Waals surface area contributed by atoms with Crippen molar-refractivity contribution < 1.29 is 13.2 Å². The third kappa shape index (κ3) is 3.90. The molecular weight excluding hydrogens is 302 g/mol. The number of nitrogens with zero attached hydrogens (tertiary/aromatic N) is 1. The topological polar surface area (TPSA) is 88.2 Å². The van der Waals surface area contributed by atoms with E-state index in [9.17, 15) is 13.2 Å². The van der Waals surface area contributed by atoms with E-state index < -0.39 is 10.0 Å². The smallest absolute Gasteiger partial charge is 0.256 e. The zero-order chi connectivity index (χ0) is 16.2. The highest BCUT2D eigenvalue weighted by molar-refractivity contribution is 7.89. The number of sulfonamides is 1. The summed E-state index contributed by atoms with van der Waals surface area (Å²) in [5.41, 5.74) is 1.16. The van der Waals surface area contributed by atoms with Crippen LogP contribution >= 0.6 is 0 Å². The SMILES string of the molecule is CCNS(=O)(=O)c1ccc(C(=O)Nc2cccc(C)n2)cc1. The number of hydrogen-bond acceptors (Lipinski definition) is 4. The molecular formula is C15H17N3O3S. The lowest BCUT2D eigenvalue weighted by Crippen LogP contribution is -2.23. The van der Waals surface area contributed by atoms with Crippen molar-refractivity contribution in [1.29, 1.82) is 0 Å². The molecule has 0 atom stereocenters. The largest absolute Gasteiger partial charge is 0.307 e. The number of carbonyl (C=O) groups is 1. The van der Waals surface area contributed by atoms with Crippen molar-refractivity contribution in [2.45, 2.75) is 18.7 Å². The first-order valence-electron chi connectivity index (χ1n) is 6.77. The van der Waals surface area contributed by atoms with Crippen molar-refractivity contribution in [3.63, 3.8) is 0 Å². The van der Waals surface area contributed by atoms with Crippen molar-refractivity contribution in [3.8, 4) is 0 Å². The van der Waals surface area contributed by atoms with Crippen molar-refractivity contribution in [2.75, 3.05) is 11.9 Å². The summed E-state index contributed by atoms with van der Waals surface area (Å²) in [6, 6.07) is 11.0. The molecule has 22 heavy (non-hydrogen) atoms. The van der Waals surface area contributed by atoms with E-state index in [4.69, 9.17) is 0 Å². The van der Waals surface area contributed by atoms with Crippen molar-refractivity contribution in [3.05, 3.63) is 53.7 Å². The number of rotatable bonds is 5. The number of benzene rings is 1. The Hall–Kier alpha value is -2.25. The summed E-state index contributed by atoms with van der Waals surface area (Å²) in [6.07, 6.45) is 0. The monoisotopic (exact) mass is 319 g/mol. The van der Waals surface area contributed by atoms with Gasteiger partial charge in [0.15, 0.2) is 0 Å². The normalized spacial score (nSPS) is 11.2. The van der Waals surface area contributed by atoms with Crippen LogP contribution in [-0.2, 0) is 10.0 Å². The highest BCUT2D eigenvalue weighted by atomic mass is 32.2. The summed E-state index contributed by atoms with van der Waals surface area (Å²) in [5, 5.41) is 2.67. The second-order valence-electron chi connectivity index (χ2n) is 4.64. The van der Waals surface area contributed by atoms with Crippen LogP contribution in [0, 0.1) is 6.92 Å². The van der Waals surface area contributed by atoms with Gasteiger partial charge in [0.05, 0.1) is 4.90 Å². The van der Waals surface area contributed by atoms with E-state index in [0.29, 0.717) is 17.9 Å². The van der Waals surface area contributed by atoms with Crippen LogP contribution < -0.4 is 10.0 Å². The third-order valence-corrected chi connectivity index (χ3v) is 4.45. The number of anilines is 1. The summed E-state index contributed by atoms with van der Waals surface area (Å²) < 4.78 is 26.0. The Morgan fingerprint density at radius 3 is 2.41 bits per heavy atom. The van der Waals surface area contributed by atoms with Gasteiger partial charge in [0.25, 0.3) is 5.91 Å². The molecule has 2 rings (SSSR count). The molecule has 0 aliphatic heterocycles. The highest BCUT2D eigenvalue weighted by Gasteiger charge is 2.13. The average molecular weight is 319 g/mol. The second kappa shape index (κ2) is 6.67. The lowest BCUT2D eigenvalue weighted by molar-refractivity contribution is 0.102. The van der Waals surface area contributed by atoms with Gasteiger partial charge in [0, 0.05) is 17.8 Å². The van der Waals surface area contributed by atoms with Gasteiger partial charge in [-0.25, -0.2) is 18.1 Å². The first-order chi connectivity index (χ1) is 10.4. The first kappa shape index (κ1) is 16.1. The third-order valence-electron chi connectivity index (χ3n) is 2.89. The molecule has 1 heterocycles. The fraction of sp³-hybridized carbons (Fsp3) is 0.200. The lowest BCUT2D eigenvalue weighted by Gasteiger charge is -2.07. The van der Waals surface area contributed by atoms with E-state index >= 15 is 0 Å². The molecule has 0 bridgehead atoms. The number of nitrogens with one attached hydrogen (secondary N) is 2. The summed E-state index contributed by atoms with van der Waals surface area (Å²) in [6.45, 7) is 3.84. The number of hydrogen-bond donors (Lipinski definition) is 2. The van der Waals surface area contributed by atoms with E-state index in [2.05, 4.69) is 15.0 Å². The zero-order valence-corrected chi connectivity index (χ0v) is 13.1. The molecule has 0 saturated carbocycles. The van der Waals surface area contributed by atoms with Gasteiger partial charge in [0.2, 0.25) is 10.0 Å². The molecule has 2 aromatic rings. The van der Waals surface area contributed by atoms with Crippen molar-refractivity contribution in [2.24, 2.45) is 0 Å². The number of aryl methyl sites for hydroxylation is 1. The van der Waals surface area contributed by atoms with Crippen LogP contribution in [0.5, 0.6) is 0 Å². The molecule has 0 aliphatic rings. The van der Waals surface area contributed by atoms with Crippen LogP contribution in [0.3, 0.4) is 0 Å². The van der Waals surface area contributed by atoms with Gasteiger partial charge in [-0.05, 0) is 43.3 Å². The molecule has 0 spiro atoms. The van der Waals surface area contributed by atoms with Gasteiger partial charge < -0.3 is 5.32 Å². The fourth-order valence-corrected chi connectivity index (χ4v) is 2.90. The van der Waals surface area contributed by atoms with Gasteiger partial charge in [-0.1, -0.05) is 13.0 Å². The minimum Gasteiger partial charge on any atom is -0.307 e. The molecule has 0 aliphatic carbocycles. The van der Waals surface area contributed by atoms with Crippen LogP contribution in [0.25, 0.3) is 0 Å². The van der Waals surface area contributed by atoms with Gasteiger partial charge in [-0.2, -0.15) is 0 Å². The van der Waals surface area contributed by atoms with Crippen LogP contribution in [-0.4, -0.2) is 25.9 Å². The van der Waals surface area contributed by atoms with Crippen LogP contribution in [0.15, 0.2) is 47.4 Å². The molecule has 7 heteroatoms. The van der Waals surface area contributed by atoms with Gasteiger partial charge in [0.1, 0.15) is 5.82 Å². The maximum atomic E-state index is 12.1. The second-order valence-corrected chi connectivity index (χ2v) is 6.41. The van der Waals surface area contributed by atoms with E-state index in [0.717, 1.165) is 5.69 Å². The van der Waals surface area contributed by atoms with Crippen molar-refractivity contribution in [1.82, 2.24) is 9.71 Å². The quantitative estimate of drug-likeness (QED) is 0.881. The molecule has 0 radical (unpaired) electrons. The Labute approximate surface area is 129 Å². The molecule has 0 saturated heterocycles. The number of carbonyl (C=O) groups excluding carboxylic acids is 1. The maximum absolute atomic E-state index is 12.1. The zero-order valence-electron chi connectivity index (χ0n) is 12.3. The van der Waals surface area contributed by atoms with Gasteiger partial charge in [-0.3, -0.25) is 4.79 Å². The predicted molar refractivity (Wildman–Crippen MR) is 84.2 cm³/mol. The van der Waals surface area contributed by atoms with Gasteiger partial charge >= 0.3 is 0 Å². The summed E-state index contributed by atoms with van der Waals surface area (Å²) >= 11 is 0. The number of pyridine rings is 1. The average Bonchev–Trinajstić information content (AvgIpc) is 2.47. The molecule has 1 amide bonds. The van der Waals surface area contributed by atoms with Gasteiger partial charge in [-0.15, -0.1) is 0 Å². The Morgan fingerprint density at radius 2 is 1.82 bits per heavy atom. The highest BCUT2D eigenvalue weighted by Crippen LogP contribution is 2.12. The van der Waals surface area contributed by atoms with Crippen LogP contribution in [0.4, 0.5) is 5.82 Å². The summed E-state index contributed by atoms with van der Waals surface area (Å²) in [4.78, 5) is 16.4. The molecule has 6 nitrogen and oxygen atoms in total. The Kier molecular flexibility index (Phi) is 4.89. The predicted octanol–water partition coefficient (Wildman–Crippen LogP) is 1.94. The molecule has 0 unspecified atom stereocenters. The Balaban J connectivity index is 2.15. The fourth-order valence-electron chi connectivity index (χ4n) is 1.86. The molecule has 1 aromatic heterocycles. The minimum atomic E-state index is -3.51. The first-order valence-corrected chi connectivity index (χ1v) is 8.25. The van der Waals surface area contributed by atoms with Crippen molar-refractivity contribution >= 4 is 21.7 Å². The summed E-state index contributed by atoms with van der Waals surface area (Å²) in [7, 11) is -3.51. The Morgan fingerprint density at radius 1 is 1.14 bits per heavy atom. The van der Waals surface area contributed by atoms with E-state index in [1.165, 1.54) is 24.3 Å². The molecule has 0 fully saturated rings.